The van der Waals surface area contributed by atoms with E-state index in [1.54, 1.807) is 0 Å². The Kier molecular flexibility index (Phi) is 5.01. The first-order chi connectivity index (χ1) is 10.7. The molecule has 0 heterocycles. The minimum absolute atomic E-state index is 0.0696. The van der Waals surface area contributed by atoms with Gasteiger partial charge in [-0.15, -0.1) is 0 Å². The fraction of sp³-hybridized carbons (Fsp3) is 0.143. The maximum Gasteiger partial charge on any atom is 0.416 e. The van der Waals surface area contributed by atoms with Crippen LogP contribution in [0.5, 0.6) is 11.5 Å². The summed E-state index contributed by atoms with van der Waals surface area (Å²) in [5, 5.41) is 25.6. The monoisotopic (exact) mass is 364 g/mol. The van der Waals surface area contributed by atoms with Crippen molar-refractivity contribution >= 4 is 28.9 Å². The van der Waals surface area contributed by atoms with Crippen LogP contribution in [0.2, 0.25) is 10.0 Å². The van der Waals surface area contributed by atoms with E-state index in [9.17, 15) is 18.3 Å². The molecule has 2 aromatic rings. The number of azo groups is 1. The van der Waals surface area contributed by atoms with Crippen molar-refractivity contribution in [2.24, 2.45) is 10.2 Å². The summed E-state index contributed by atoms with van der Waals surface area (Å²) >= 11 is 11.5. The molecular formula is C14H9Cl2F3N2O2. The molecule has 0 atom stereocenters. The minimum Gasteiger partial charge on any atom is -0.508 e. The van der Waals surface area contributed by atoms with Crippen molar-refractivity contribution in [1.29, 1.82) is 0 Å². The second-order valence-electron chi connectivity index (χ2n) is 4.50. The Bertz CT molecular complexity index is 741. The zero-order valence-corrected chi connectivity index (χ0v) is 12.8. The van der Waals surface area contributed by atoms with E-state index in [4.69, 9.17) is 28.3 Å². The number of nitrogens with zero attached hydrogens (tertiary/aromatic N) is 2. The van der Waals surface area contributed by atoms with Crippen molar-refractivity contribution in [3.8, 4) is 11.5 Å². The van der Waals surface area contributed by atoms with Crippen LogP contribution in [0.25, 0.3) is 0 Å². The summed E-state index contributed by atoms with van der Waals surface area (Å²) in [5.41, 5.74) is -0.715. The lowest BCUT2D eigenvalue weighted by atomic mass is 10.2. The van der Waals surface area contributed by atoms with Crippen LogP contribution < -0.4 is 0 Å². The van der Waals surface area contributed by atoms with Crippen molar-refractivity contribution in [3.63, 3.8) is 0 Å². The molecule has 0 saturated carbocycles. The van der Waals surface area contributed by atoms with Gasteiger partial charge in [0.05, 0.1) is 22.2 Å². The fourth-order valence-corrected chi connectivity index (χ4v) is 2.26. The van der Waals surface area contributed by atoms with Gasteiger partial charge >= 0.3 is 6.18 Å². The number of halogens is 5. The Hall–Kier alpha value is -1.99. The Balaban J connectivity index is 2.23. The molecule has 2 rings (SSSR count). The Morgan fingerprint density at radius 1 is 1.00 bits per heavy atom. The summed E-state index contributed by atoms with van der Waals surface area (Å²) in [7, 11) is 0. The molecule has 23 heavy (non-hydrogen) atoms. The van der Waals surface area contributed by atoms with Gasteiger partial charge in [0.15, 0.2) is 0 Å². The van der Waals surface area contributed by atoms with Gasteiger partial charge in [0.2, 0.25) is 0 Å². The predicted molar refractivity (Wildman–Crippen MR) is 79.5 cm³/mol. The van der Waals surface area contributed by atoms with E-state index in [1.807, 2.05) is 0 Å². The Morgan fingerprint density at radius 3 is 2.13 bits per heavy atom. The molecule has 9 heteroatoms. The summed E-state index contributed by atoms with van der Waals surface area (Å²) in [6.45, 7) is -0.0696. The van der Waals surface area contributed by atoms with Crippen molar-refractivity contribution in [3.05, 3.63) is 51.5 Å². The molecule has 122 valence electrons. The van der Waals surface area contributed by atoms with Gasteiger partial charge in [0.1, 0.15) is 17.2 Å². The number of phenolic OH excluding ortho intramolecular Hbond substituents is 2. The van der Waals surface area contributed by atoms with Gasteiger partial charge in [-0.1, -0.05) is 23.2 Å². The number of rotatable bonds is 3. The lowest BCUT2D eigenvalue weighted by molar-refractivity contribution is -0.137. The molecular weight excluding hydrogens is 356 g/mol. The summed E-state index contributed by atoms with van der Waals surface area (Å²) in [6, 6.07) is 5.32. The largest absolute Gasteiger partial charge is 0.508 e. The van der Waals surface area contributed by atoms with E-state index in [2.05, 4.69) is 10.2 Å². The first-order valence-electron chi connectivity index (χ1n) is 6.13. The van der Waals surface area contributed by atoms with Crippen molar-refractivity contribution in [1.82, 2.24) is 0 Å². The Morgan fingerprint density at radius 2 is 1.61 bits per heavy atom. The van der Waals surface area contributed by atoms with Crippen LogP contribution in [-0.2, 0) is 12.7 Å². The first-order valence-corrected chi connectivity index (χ1v) is 6.88. The topological polar surface area (TPSA) is 65.2 Å². The molecule has 0 bridgehead atoms. The van der Waals surface area contributed by atoms with E-state index >= 15 is 0 Å². The van der Waals surface area contributed by atoms with Gasteiger partial charge in [0.25, 0.3) is 0 Å². The van der Waals surface area contributed by atoms with E-state index < -0.39 is 11.7 Å². The molecule has 0 radical (unpaired) electrons. The van der Waals surface area contributed by atoms with Crippen molar-refractivity contribution in [2.45, 2.75) is 12.7 Å². The molecule has 0 aliphatic carbocycles. The molecule has 0 aliphatic rings. The third-order valence-corrected chi connectivity index (χ3v) is 3.40. The van der Waals surface area contributed by atoms with Crippen LogP contribution in [-0.4, -0.2) is 10.2 Å². The molecule has 0 spiro atoms. The highest BCUT2D eigenvalue weighted by molar-refractivity contribution is 6.38. The second-order valence-corrected chi connectivity index (χ2v) is 5.31. The average Bonchev–Trinajstić information content (AvgIpc) is 2.42. The van der Waals surface area contributed by atoms with E-state index in [0.29, 0.717) is 17.7 Å². The van der Waals surface area contributed by atoms with Crippen LogP contribution in [0.3, 0.4) is 0 Å². The summed E-state index contributed by atoms with van der Waals surface area (Å²) in [4.78, 5) is 0. The SMILES string of the molecule is Oc1ccc(CN=Nc2c(Cl)cc(C(F)(F)F)cc2Cl)c(O)c1. The molecule has 2 aromatic carbocycles. The second kappa shape index (κ2) is 6.64. The van der Waals surface area contributed by atoms with Gasteiger partial charge in [0, 0.05) is 11.6 Å². The minimum atomic E-state index is -4.57. The van der Waals surface area contributed by atoms with Gasteiger partial charge in [-0.3, -0.25) is 0 Å². The van der Waals surface area contributed by atoms with E-state index in [0.717, 1.165) is 6.07 Å². The van der Waals surface area contributed by atoms with E-state index in [-0.39, 0.29) is 33.8 Å². The van der Waals surface area contributed by atoms with Gasteiger partial charge in [-0.25, -0.2) is 0 Å². The third-order valence-electron chi connectivity index (χ3n) is 2.82. The van der Waals surface area contributed by atoms with Gasteiger partial charge in [-0.2, -0.15) is 23.4 Å². The third kappa shape index (κ3) is 4.27. The molecule has 0 aromatic heterocycles. The maximum atomic E-state index is 12.6. The van der Waals surface area contributed by atoms with Gasteiger partial charge < -0.3 is 10.2 Å². The molecule has 2 N–H and O–H groups in total. The highest BCUT2D eigenvalue weighted by Gasteiger charge is 2.32. The molecule has 0 fully saturated rings. The predicted octanol–water partition coefficient (Wildman–Crippen LogP) is 5.71. The van der Waals surface area contributed by atoms with Crippen LogP contribution >= 0.6 is 23.2 Å². The zero-order chi connectivity index (χ0) is 17.2. The van der Waals surface area contributed by atoms with Crippen LogP contribution in [0.4, 0.5) is 18.9 Å². The number of benzene rings is 2. The number of aromatic hydroxyl groups is 2. The highest BCUT2D eigenvalue weighted by Crippen LogP contribution is 2.40. The quantitative estimate of drug-likeness (QED) is 0.685. The normalized spacial score (nSPS) is 12.0. The number of alkyl halides is 3. The lowest BCUT2D eigenvalue weighted by Gasteiger charge is -2.09. The first kappa shape index (κ1) is 17.4. The van der Waals surface area contributed by atoms with Crippen LogP contribution in [0, 0.1) is 0 Å². The molecule has 0 aliphatic heterocycles. The highest BCUT2D eigenvalue weighted by atomic mass is 35.5. The number of hydrogen-bond acceptors (Lipinski definition) is 4. The maximum absolute atomic E-state index is 12.6. The molecule has 0 amide bonds. The lowest BCUT2D eigenvalue weighted by Crippen LogP contribution is -2.04. The Labute approximate surface area is 138 Å². The van der Waals surface area contributed by atoms with Crippen LogP contribution in [0.1, 0.15) is 11.1 Å². The van der Waals surface area contributed by atoms with Crippen molar-refractivity contribution < 1.29 is 23.4 Å². The van der Waals surface area contributed by atoms with Crippen LogP contribution in [0.15, 0.2) is 40.6 Å². The molecule has 0 unspecified atom stereocenters. The number of hydrogen-bond donors (Lipinski definition) is 2. The van der Waals surface area contributed by atoms with Gasteiger partial charge in [-0.05, 0) is 24.3 Å². The summed E-state index contributed by atoms with van der Waals surface area (Å²) < 4.78 is 37.8. The molecule has 0 saturated heterocycles. The standard InChI is InChI=1S/C14H9Cl2F3N2O2/c15-10-3-8(14(17,18)19)4-11(16)13(10)21-20-6-7-1-2-9(22)5-12(7)23/h1-5,22-23H,6H2. The zero-order valence-electron chi connectivity index (χ0n) is 11.3. The average molecular weight is 365 g/mol. The summed E-state index contributed by atoms with van der Waals surface area (Å²) in [6.07, 6.45) is -4.57. The van der Waals surface area contributed by atoms with E-state index in [1.165, 1.54) is 12.1 Å². The summed E-state index contributed by atoms with van der Waals surface area (Å²) in [5.74, 6) is -0.300. The smallest absolute Gasteiger partial charge is 0.416 e. The fourth-order valence-electron chi connectivity index (χ4n) is 1.69. The van der Waals surface area contributed by atoms with Crippen molar-refractivity contribution in [2.75, 3.05) is 0 Å². The molecule has 4 nitrogen and oxygen atoms in total. The number of phenols is 2.